The van der Waals surface area contributed by atoms with Gasteiger partial charge in [0.15, 0.2) is 24.7 Å². The number of esters is 2. The molecule has 158 valence electrons. The first-order chi connectivity index (χ1) is 14.5. The van der Waals surface area contributed by atoms with Crippen molar-refractivity contribution in [1.29, 1.82) is 0 Å². The lowest BCUT2D eigenvalue weighted by Crippen LogP contribution is -2.23. The van der Waals surface area contributed by atoms with Crippen LogP contribution >= 0.6 is 0 Å². The molecule has 0 aliphatic heterocycles. The van der Waals surface area contributed by atoms with Crippen LogP contribution in [0.1, 0.15) is 22.8 Å². The van der Waals surface area contributed by atoms with E-state index in [0.29, 0.717) is 22.7 Å². The fraction of sp³-hybridized carbons (Fsp3) is 0.227. The predicted octanol–water partition coefficient (Wildman–Crippen LogP) is 3.08. The second-order valence-electron chi connectivity index (χ2n) is 5.98. The molecule has 0 aliphatic rings. The summed E-state index contributed by atoms with van der Waals surface area (Å²) in [6.45, 7) is 1.05. The Hall–Kier alpha value is -3.81. The normalized spacial score (nSPS) is 10.4. The number of allylic oxidation sites excluding steroid dienone is 1. The van der Waals surface area contributed by atoms with Crippen LogP contribution in [0.15, 0.2) is 48.5 Å². The zero-order valence-electron chi connectivity index (χ0n) is 17.0. The van der Waals surface area contributed by atoms with Gasteiger partial charge in [-0.3, -0.25) is 4.79 Å². The number of nitrogens with one attached hydrogen (secondary N) is 1. The van der Waals surface area contributed by atoms with E-state index in [1.54, 1.807) is 24.3 Å². The fourth-order valence-electron chi connectivity index (χ4n) is 2.43. The summed E-state index contributed by atoms with van der Waals surface area (Å²) in [5, 5.41) is 2.56. The van der Waals surface area contributed by atoms with Gasteiger partial charge in [0.05, 0.1) is 19.8 Å². The Balaban J connectivity index is 1.80. The third-order valence-corrected chi connectivity index (χ3v) is 3.85. The molecule has 0 atom stereocenters. The van der Waals surface area contributed by atoms with Gasteiger partial charge in [0, 0.05) is 5.69 Å². The molecule has 0 unspecified atom stereocenters. The van der Waals surface area contributed by atoms with Gasteiger partial charge in [0.25, 0.3) is 5.91 Å². The summed E-state index contributed by atoms with van der Waals surface area (Å²) in [5.74, 6) is -0.840. The van der Waals surface area contributed by atoms with Crippen LogP contribution in [0.2, 0.25) is 0 Å². The van der Waals surface area contributed by atoms with E-state index in [9.17, 15) is 14.4 Å². The second kappa shape index (κ2) is 11.3. The summed E-state index contributed by atoms with van der Waals surface area (Å²) >= 11 is 0. The maximum absolute atomic E-state index is 11.9. The Bertz CT molecular complexity index is 920. The van der Waals surface area contributed by atoms with Gasteiger partial charge in [-0.2, -0.15) is 0 Å². The zero-order chi connectivity index (χ0) is 21.9. The lowest BCUT2D eigenvalue weighted by atomic mass is 10.2. The molecule has 2 aromatic rings. The van der Waals surface area contributed by atoms with Gasteiger partial charge in [-0.1, -0.05) is 18.2 Å². The molecule has 8 nitrogen and oxygen atoms in total. The number of carbonyl (C=O) groups is 3. The van der Waals surface area contributed by atoms with Crippen molar-refractivity contribution in [2.75, 3.05) is 32.8 Å². The van der Waals surface area contributed by atoms with E-state index >= 15 is 0 Å². The number of hydrogen-bond donors (Lipinski definition) is 1. The van der Waals surface area contributed by atoms with Crippen molar-refractivity contribution < 1.29 is 33.3 Å². The molecule has 0 saturated carbocycles. The van der Waals surface area contributed by atoms with Crippen molar-refractivity contribution in [2.45, 2.75) is 6.92 Å². The molecule has 0 bridgehead atoms. The first-order valence-corrected chi connectivity index (χ1v) is 9.04. The van der Waals surface area contributed by atoms with Crippen LogP contribution in [-0.2, 0) is 19.1 Å². The first-order valence-electron chi connectivity index (χ1n) is 9.04. The van der Waals surface area contributed by atoms with Gasteiger partial charge < -0.3 is 24.3 Å². The van der Waals surface area contributed by atoms with E-state index in [1.165, 1.54) is 26.4 Å². The van der Waals surface area contributed by atoms with Crippen molar-refractivity contribution >= 4 is 29.6 Å². The quantitative estimate of drug-likeness (QED) is 0.631. The van der Waals surface area contributed by atoms with Gasteiger partial charge >= 0.3 is 11.9 Å². The molecule has 1 N–H and O–H groups in total. The van der Waals surface area contributed by atoms with Crippen molar-refractivity contribution in [3.63, 3.8) is 0 Å². The van der Waals surface area contributed by atoms with E-state index in [4.69, 9.17) is 14.2 Å². The zero-order valence-corrected chi connectivity index (χ0v) is 17.0. The lowest BCUT2D eigenvalue weighted by molar-refractivity contribution is -0.149. The van der Waals surface area contributed by atoms with Crippen LogP contribution in [0.25, 0.3) is 6.08 Å². The number of benzene rings is 2. The molecule has 30 heavy (non-hydrogen) atoms. The van der Waals surface area contributed by atoms with E-state index < -0.39 is 24.5 Å². The van der Waals surface area contributed by atoms with Crippen LogP contribution < -0.4 is 14.8 Å². The van der Waals surface area contributed by atoms with Crippen molar-refractivity contribution in [3.8, 4) is 11.5 Å². The van der Waals surface area contributed by atoms with Crippen LogP contribution in [0.3, 0.4) is 0 Å². The highest BCUT2D eigenvalue weighted by molar-refractivity contribution is 5.94. The molecule has 2 rings (SSSR count). The smallest absolute Gasteiger partial charge is 0.344 e. The van der Waals surface area contributed by atoms with Gasteiger partial charge in [-0.15, -0.1) is 0 Å². The topological polar surface area (TPSA) is 100 Å². The van der Waals surface area contributed by atoms with E-state index in [2.05, 4.69) is 10.1 Å². The number of amides is 1. The largest absolute Gasteiger partial charge is 0.493 e. The van der Waals surface area contributed by atoms with Crippen LogP contribution in [0.5, 0.6) is 11.5 Å². The average molecular weight is 413 g/mol. The number of hydrogen-bond acceptors (Lipinski definition) is 7. The minimum absolute atomic E-state index is 0.355. The van der Waals surface area contributed by atoms with Gasteiger partial charge in [-0.05, 0) is 48.9 Å². The second-order valence-corrected chi connectivity index (χ2v) is 5.98. The minimum atomic E-state index is -0.703. The van der Waals surface area contributed by atoms with E-state index in [-0.39, 0.29) is 6.61 Å². The summed E-state index contributed by atoms with van der Waals surface area (Å²) in [6.07, 6.45) is 3.80. The Labute approximate surface area is 174 Å². The number of anilines is 1. The molecular weight excluding hydrogens is 390 g/mol. The molecule has 1 amide bonds. The summed E-state index contributed by atoms with van der Waals surface area (Å²) in [6, 6.07) is 11.4. The summed E-state index contributed by atoms with van der Waals surface area (Å²) in [5.41, 5.74) is 1.74. The predicted molar refractivity (Wildman–Crippen MR) is 111 cm³/mol. The van der Waals surface area contributed by atoms with Crippen LogP contribution in [0, 0.1) is 0 Å². The number of rotatable bonds is 9. The summed E-state index contributed by atoms with van der Waals surface area (Å²) in [7, 11) is 2.78. The average Bonchev–Trinajstić information content (AvgIpc) is 2.76. The molecule has 0 fully saturated rings. The summed E-state index contributed by atoms with van der Waals surface area (Å²) in [4.78, 5) is 35.2. The molecule has 0 aromatic heterocycles. The van der Waals surface area contributed by atoms with E-state index in [1.807, 2.05) is 25.1 Å². The van der Waals surface area contributed by atoms with Crippen LogP contribution in [0.4, 0.5) is 5.69 Å². The highest BCUT2D eigenvalue weighted by atomic mass is 16.6. The van der Waals surface area contributed by atoms with Crippen molar-refractivity contribution in [1.82, 2.24) is 0 Å². The van der Waals surface area contributed by atoms with Gasteiger partial charge in [0.2, 0.25) is 0 Å². The summed E-state index contributed by atoms with van der Waals surface area (Å²) < 4.78 is 20.2. The van der Waals surface area contributed by atoms with E-state index in [0.717, 1.165) is 5.56 Å². The standard InChI is InChI=1S/C22H23NO7/c1-4-5-15-6-11-18(19(12-15)27-2)29-14-21(25)30-13-20(24)23-17-9-7-16(8-10-17)22(26)28-3/h4-12H,13-14H2,1-3H3,(H,23,24)/b5-4+. The minimum Gasteiger partial charge on any atom is -0.493 e. The number of carbonyl (C=O) groups excluding carboxylic acids is 3. The SMILES string of the molecule is C/C=C/c1ccc(OCC(=O)OCC(=O)Nc2ccc(C(=O)OC)cc2)c(OC)c1. The van der Waals surface area contributed by atoms with Gasteiger partial charge in [0.1, 0.15) is 0 Å². The number of ether oxygens (including phenoxy) is 4. The molecule has 0 heterocycles. The Kier molecular flexibility index (Phi) is 8.43. The fourth-order valence-corrected chi connectivity index (χ4v) is 2.43. The Morgan fingerprint density at radius 1 is 0.967 bits per heavy atom. The third-order valence-electron chi connectivity index (χ3n) is 3.85. The molecule has 2 aromatic carbocycles. The molecular formula is C22H23NO7. The van der Waals surface area contributed by atoms with Gasteiger partial charge in [-0.25, -0.2) is 9.59 Å². The molecule has 0 spiro atoms. The lowest BCUT2D eigenvalue weighted by Gasteiger charge is -2.11. The molecule has 0 aliphatic carbocycles. The highest BCUT2D eigenvalue weighted by Crippen LogP contribution is 2.28. The monoisotopic (exact) mass is 413 g/mol. The third kappa shape index (κ3) is 6.66. The maximum atomic E-state index is 11.9. The molecule has 8 heteroatoms. The number of methoxy groups -OCH3 is 2. The first kappa shape index (κ1) is 22.5. The van der Waals surface area contributed by atoms with Crippen molar-refractivity contribution in [2.24, 2.45) is 0 Å². The Morgan fingerprint density at radius 2 is 1.70 bits per heavy atom. The van der Waals surface area contributed by atoms with Crippen molar-refractivity contribution in [3.05, 3.63) is 59.7 Å². The maximum Gasteiger partial charge on any atom is 0.344 e. The molecule has 0 saturated heterocycles. The van der Waals surface area contributed by atoms with Crippen LogP contribution in [-0.4, -0.2) is 45.3 Å². The highest BCUT2D eigenvalue weighted by Gasteiger charge is 2.12. The molecule has 0 radical (unpaired) electrons. The Morgan fingerprint density at radius 3 is 2.33 bits per heavy atom.